The summed E-state index contributed by atoms with van der Waals surface area (Å²) in [6.45, 7) is 0. The predicted octanol–water partition coefficient (Wildman–Crippen LogP) is 0.113. The average molecular weight is 152 g/mol. The number of aromatic amines is 3. The molecule has 0 fully saturated rings. The van der Waals surface area contributed by atoms with Gasteiger partial charge < -0.3 is 5.10 Å². The van der Waals surface area contributed by atoms with Crippen molar-refractivity contribution in [2.24, 2.45) is 0 Å². The molecule has 58 valence electrons. The number of aromatic nitrogens is 4. The molecule has 0 aliphatic carbocycles. The SMILES string of the molecule is O=c1cc[nH][nH]1.c1cn[nH]c1. The van der Waals surface area contributed by atoms with Gasteiger partial charge in [0, 0.05) is 24.7 Å². The minimum Gasteiger partial charge on any atom is -0.305 e. The third-order valence-electron chi connectivity index (χ3n) is 0.919. The number of hydrogen-bond donors (Lipinski definition) is 3. The van der Waals surface area contributed by atoms with Gasteiger partial charge in [0.25, 0.3) is 5.56 Å². The quantitative estimate of drug-likeness (QED) is 0.501. The van der Waals surface area contributed by atoms with Crippen LogP contribution in [0.1, 0.15) is 0 Å². The lowest BCUT2D eigenvalue weighted by Gasteiger charge is -1.55. The molecular formula is C6H8N4O. The van der Waals surface area contributed by atoms with Gasteiger partial charge in [0.15, 0.2) is 0 Å². The van der Waals surface area contributed by atoms with Crippen LogP contribution in [0.4, 0.5) is 0 Å². The molecule has 3 N–H and O–H groups in total. The van der Waals surface area contributed by atoms with E-state index >= 15 is 0 Å². The molecule has 0 aliphatic heterocycles. The summed E-state index contributed by atoms with van der Waals surface area (Å²) in [5.41, 5.74) is -0.0880. The maximum absolute atomic E-state index is 9.98. The Morgan fingerprint density at radius 2 is 2.27 bits per heavy atom. The number of H-pyrrole nitrogens is 3. The van der Waals surface area contributed by atoms with Crippen LogP contribution in [-0.2, 0) is 0 Å². The Bertz CT molecular complexity index is 273. The first kappa shape index (κ1) is 7.33. The summed E-state index contributed by atoms with van der Waals surface area (Å²) in [5.74, 6) is 0. The highest BCUT2D eigenvalue weighted by Gasteiger charge is 1.70. The van der Waals surface area contributed by atoms with Gasteiger partial charge >= 0.3 is 0 Å². The van der Waals surface area contributed by atoms with Crippen molar-refractivity contribution >= 4 is 0 Å². The zero-order valence-electron chi connectivity index (χ0n) is 5.74. The molecule has 0 saturated carbocycles. The lowest BCUT2D eigenvalue weighted by atomic mass is 10.7. The van der Waals surface area contributed by atoms with E-state index in [4.69, 9.17) is 0 Å². The minimum atomic E-state index is -0.0880. The Hall–Kier alpha value is -1.78. The summed E-state index contributed by atoms with van der Waals surface area (Å²) in [7, 11) is 0. The second-order valence-corrected chi connectivity index (χ2v) is 1.73. The lowest BCUT2D eigenvalue weighted by molar-refractivity contribution is 1.06. The van der Waals surface area contributed by atoms with E-state index < -0.39 is 0 Å². The number of nitrogens with one attached hydrogen (secondary N) is 3. The Balaban J connectivity index is 0.000000112. The molecule has 2 aromatic heterocycles. The van der Waals surface area contributed by atoms with E-state index in [0.717, 1.165) is 0 Å². The van der Waals surface area contributed by atoms with Crippen LogP contribution in [0.5, 0.6) is 0 Å². The van der Waals surface area contributed by atoms with Crippen LogP contribution in [0.2, 0.25) is 0 Å². The molecule has 0 saturated heterocycles. The Morgan fingerprint density at radius 1 is 1.36 bits per heavy atom. The first-order chi connectivity index (χ1) is 5.39. The van der Waals surface area contributed by atoms with E-state index in [-0.39, 0.29) is 5.56 Å². The van der Waals surface area contributed by atoms with Crippen LogP contribution in [0.15, 0.2) is 35.5 Å². The average Bonchev–Trinajstić information content (AvgIpc) is 2.57. The van der Waals surface area contributed by atoms with E-state index in [1.807, 2.05) is 6.07 Å². The third kappa shape index (κ3) is 3.04. The molecular weight excluding hydrogens is 144 g/mol. The predicted molar refractivity (Wildman–Crippen MR) is 40.0 cm³/mol. The molecule has 2 rings (SSSR count). The van der Waals surface area contributed by atoms with Crippen molar-refractivity contribution in [3.8, 4) is 0 Å². The first-order valence-corrected chi connectivity index (χ1v) is 3.05. The van der Waals surface area contributed by atoms with Crippen LogP contribution < -0.4 is 5.56 Å². The van der Waals surface area contributed by atoms with Gasteiger partial charge in [-0.2, -0.15) is 5.10 Å². The maximum Gasteiger partial charge on any atom is 0.263 e. The number of rotatable bonds is 0. The van der Waals surface area contributed by atoms with E-state index in [1.54, 1.807) is 18.6 Å². The summed E-state index contributed by atoms with van der Waals surface area (Å²) < 4.78 is 0. The van der Waals surface area contributed by atoms with E-state index in [2.05, 4.69) is 20.4 Å². The van der Waals surface area contributed by atoms with Gasteiger partial charge in [0.05, 0.1) is 0 Å². The molecule has 5 heteroatoms. The highest BCUT2D eigenvalue weighted by Crippen LogP contribution is 1.64. The molecule has 2 heterocycles. The van der Waals surface area contributed by atoms with Crippen molar-refractivity contribution in [2.45, 2.75) is 0 Å². The molecule has 0 aliphatic rings. The Morgan fingerprint density at radius 3 is 2.45 bits per heavy atom. The standard InChI is InChI=1S/C3H4N2O.C3H4N2/c6-3-1-2-4-5-3;1-2-4-5-3-1/h1-2H,(H2,4,5,6);1-3H,(H,4,5). The molecule has 0 atom stereocenters. The summed E-state index contributed by atoms with van der Waals surface area (Å²) in [6, 6.07) is 3.25. The Labute approximate surface area is 62.5 Å². The summed E-state index contributed by atoms with van der Waals surface area (Å²) in [4.78, 5) is 9.98. The van der Waals surface area contributed by atoms with Crippen molar-refractivity contribution in [1.29, 1.82) is 0 Å². The largest absolute Gasteiger partial charge is 0.305 e. The highest BCUT2D eigenvalue weighted by molar-refractivity contribution is 4.75. The van der Waals surface area contributed by atoms with Gasteiger partial charge in [0.1, 0.15) is 0 Å². The van der Waals surface area contributed by atoms with Crippen LogP contribution in [0, 0.1) is 0 Å². The minimum absolute atomic E-state index is 0.0880. The van der Waals surface area contributed by atoms with Crippen LogP contribution in [0.3, 0.4) is 0 Å². The molecule has 0 spiro atoms. The number of nitrogens with zero attached hydrogens (tertiary/aromatic N) is 1. The van der Waals surface area contributed by atoms with Crippen LogP contribution in [0.25, 0.3) is 0 Å². The molecule has 11 heavy (non-hydrogen) atoms. The lowest BCUT2D eigenvalue weighted by Crippen LogP contribution is -1.93. The second-order valence-electron chi connectivity index (χ2n) is 1.73. The smallest absolute Gasteiger partial charge is 0.263 e. The molecule has 0 unspecified atom stereocenters. The second kappa shape index (κ2) is 4.10. The van der Waals surface area contributed by atoms with Gasteiger partial charge in [-0.3, -0.25) is 15.0 Å². The molecule has 0 aromatic carbocycles. The Kier molecular flexibility index (Phi) is 2.73. The molecule has 5 nitrogen and oxygen atoms in total. The molecule has 0 bridgehead atoms. The fourth-order valence-corrected chi connectivity index (χ4v) is 0.487. The van der Waals surface area contributed by atoms with Gasteiger partial charge in [-0.25, -0.2) is 0 Å². The van der Waals surface area contributed by atoms with Gasteiger partial charge in [-0.1, -0.05) is 0 Å². The number of hydrogen-bond acceptors (Lipinski definition) is 2. The van der Waals surface area contributed by atoms with E-state index in [0.29, 0.717) is 0 Å². The van der Waals surface area contributed by atoms with Gasteiger partial charge in [-0.15, -0.1) is 0 Å². The zero-order valence-corrected chi connectivity index (χ0v) is 5.74. The zero-order chi connectivity index (χ0) is 7.94. The molecule has 2 aromatic rings. The highest BCUT2D eigenvalue weighted by atomic mass is 16.1. The molecule has 0 amide bonds. The van der Waals surface area contributed by atoms with Crippen LogP contribution >= 0.6 is 0 Å². The fourth-order valence-electron chi connectivity index (χ4n) is 0.487. The maximum atomic E-state index is 9.98. The third-order valence-corrected chi connectivity index (χ3v) is 0.919. The van der Waals surface area contributed by atoms with Gasteiger partial charge in [-0.05, 0) is 6.07 Å². The van der Waals surface area contributed by atoms with Gasteiger partial charge in [0.2, 0.25) is 0 Å². The molecule has 0 radical (unpaired) electrons. The van der Waals surface area contributed by atoms with Crippen molar-refractivity contribution in [3.05, 3.63) is 41.1 Å². The van der Waals surface area contributed by atoms with E-state index in [9.17, 15) is 4.79 Å². The summed E-state index contributed by atoms with van der Waals surface area (Å²) >= 11 is 0. The van der Waals surface area contributed by atoms with E-state index in [1.165, 1.54) is 6.07 Å². The normalized spacial score (nSPS) is 8.36. The van der Waals surface area contributed by atoms with Crippen molar-refractivity contribution in [1.82, 2.24) is 20.4 Å². The summed E-state index contributed by atoms with van der Waals surface area (Å²) in [6.07, 6.45) is 5.00. The monoisotopic (exact) mass is 152 g/mol. The van der Waals surface area contributed by atoms with Crippen molar-refractivity contribution in [3.63, 3.8) is 0 Å². The van der Waals surface area contributed by atoms with Crippen molar-refractivity contribution < 1.29 is 0 Å². The van der Waals surface area contributed by atoms with Crippen molar-refractivity contribution in [2.75, 3.05) is 0 Å². The topological polar surface area (TPSA) is 77.3 Å². The first-order valence-electron chi connectivity index (χ1n) is 3.05. The summed E-state index contributed by atoms with van der Waals surface area (Å²) in [5, 5.41) is 11.0. The van der Waals surface area contributed by atoms with Crippen LogP contribution in [-0.4, -0.2) is 20.4 Å². The fraction of sp³-hybridized carbons (Fsp3) is 0.